The molecule has 0 spiro atoms. The number of methoxy groups -OCH3 is 1. The molecule has 176 valence electrons. The fraction of sp³-hybridized carbons (Fsp3) is 0.920. The molecule has 0 aliphatic heterocycles. The quantitative estimate of drug-likeness (QED) is 0.287. The Bertz CT molecular complexity index is 708. The van der Waals surface area contributed by atoms with Gasteiger partial charge in [0.1, 0.15) is 12.4 Å². The second-order valence-electron chi connectivity index (χ2n) is 11.7. The summed E-state index contributed by atoms with van der Waals surface area (Å²) in [6.07, 6.45) is 11.4. The molecule has 6 nitrogen and oxygen atoms in total. The van der Waals surface area contributed by atoms with Crippen molar-refractivity contribution in [1.82, 2.24) is 5.12 Å². The minimum Gasteiger partial charge on any atom is -0.386 e. The van der Waals surface area contributed by atoms with Crippen LogP contribution in [0.15, 0.2) is 5.10 Å². The van der Waals surface area contributed by atoms with Gasteiger partial charge in [0.25, 0.3) is 0 Å². The van der Waals surface area contributed by atoms with Crippen LogP contribution < -0.4 is 11.6 Å². The van der Waals surface area contributed by atoms with E-state index >= 15 is 0 Å². The van der Waals surface area contributed by atoms with Crippen molar-refractivity contribution in [3.63, 3.8) is 0 Å². The highest BCUT2D eigenvalue weighted by atomic mass is 16.5. The Hall–Kier alpha value is -1.14. The third-order valence-electron chi connectivity index (χ3n) is 10.2. The van der Waals surface area contributed by atoms with Crippen LogP contribution in [0.1, 0.15) is 78.6 Å². The molecule has 0 heterocycles. The molecular weight excluding hydrogens is 388 g/mol. The van der Waals surface area contributed by atoms with E-state index in [4.69, 9.17) is 16.3 Å². The number of hydrazone groups is 1. The molecule has 4 saturated carbocycles. The average molecular weight is 433 g/mol. The maximum atomic E-state index is 13.2. The van der Waals surface area contributed by atoms with Crippen molar-refractivity contribution in [1.29, 1.82) is 0 Å². The van der Waals surface area contributed by atoms with Crippen LogP contribution in [0.3, 0.4) is 0 Å². The third kappa shape index (κ3) is 4.03. The lowest BCUT2D eigenvalue weighted by atomic mass is 9.44. The monoisotopic (exact) mass is 432 g/mol. The second-order valence-corrected chi connectivity index (χ2v) is 11.7. The van der Waals surface area contributed by atoms with Crippen LogP contribution in [0.5, 0.6) is 0 Å². The number of amidine groups is 1. The van der Waals surface area contributed by atoms with Crippen molar-refractivity contribution in [2.75, 3.05) is 20.3 Å². The van der Waals surface area contributed by atoms with Crippen molar-refractivity contribution in [2.45, 2.75) is 78.6 Å². The van der Waals surface area contributed by atoms with E-state index in [1.165, 1.54) is 56.5 Å². The van der Waals surface area contributed by atoms with E-state index < -0.39 is 0 Å². The Kier molecular flexibility index (Phi) is 6.43. The summed E-state index contributed by atoms with van der Waals surface area (Å²) in [5.74, 6) is 10.6. The number of ketones is 1. The molecule has 0 amide bonds. The van der Waals surface area contributed by atoms with Gasteiger partial charge in [0.2, 0.25) is 0 Å². The van der Waals surface area contributed by atoms with Crippen molar-refractivity contribution in [2.24, 2.45) is 63.0 Å². The number of ether oxygens (including phenoxy) is 1. The van der Waals surface area contributed by atoms with Gasteiger partial charge >= 0.3 is 0 Å². The van der Waals surface area contributed by atoms with Crippen LogP contribution in [0.2, 0.25) is 0 Å². The summed E-state index contributed by atoms with van der Waals surface area (Å²) in [4.78, 5) is 13.2. The van der Waals surface area contributed by atoms with Gasteiger partial charge in [-0.15, -0.1) is 5.10 Å². The third-order valence-corrected chi connectivity index (χ3v) is 10.2. The van der Waals surface area contributed by atoms with Gasteiger partial charge in [-0.25, -0.2) is 11.0 Å². The first-order valence-corrected chi connectivity index (χ1v) is 12.5. The fourth-order valence-electron chi connectivity index (χ4n) is 8.77. The number of carbonyl (C=O) groups is 1. The Morgan fingerprint density at radius 3 is 2.48 bits per heavy atom. The predicted octanol–water partition coefficient (Wildman–Crippen LogP) is 3.94. The van der Waals surface area contributed by atoms with Crippen molar-refractivity contribution < 1.29 is 9.53 Å². The molecule has 0 aromatic heterocycles. The molecule has 31 heavy (non-hydrogen) atoms. The first-order chi connectivity index (χ1) is 14.7. The molecule has 0 aromatic carbocycles. The Morgan fingerprint density at radius 2 is 1.77 bits per heavy atom. The Morgan fingerprint density at radius 1 is 1.06 bits per heavy atom. The van der Waals surface area contributed by atoms with Gasteiger partial charge in [-0.05, 0) is 105 Å². The molecule has 0 bridgehead atoms. The van der Waals surface area contributed by atoms with E-state index in [0.717, 1.165) is 36.7 Å². The lowest BCUT2D eigenvalue weighted by Gasteiger charge is -2.61. The normalized spacial score (nSPS) is 44.9. The van der Waals surface area contributed by atoms with Gasteiger partial charge in [-0.1, -0.05) is 13.8 Å². The highest BCUT2D eigenvalue weighted by molar-refractivity contribution is 5.84. The Labute approximate surface area is 188 Å². The van der Waals surface area contributed by atoms with Gasteiger partial charge < -0.3 is 10.5 Å². The van der Waals surface area contributed by atoms with E-state index in [1.54, 1.807) is 6.92 Å². The summed E-state index contributed by atoms with van der Waals surface area (Å²) in [6, 6.07) is 0. The number of fused-ring (bicyclic) bond motifs is 5. The van der Waals surface area contributed by atoms with Gasteiger partial charge in [-0.2, -0.15) is 0 Å². The smallest absolute Gasteiger partial charge is 0.159 e. The number of carbonyl (C=O) groups excluding carboxylic acids is 1. The zero-order valence-corrected chi connectivity index (χ0v) is 20.1. The lowest BCUT2D eigenvalue weighted by Crippen LogP contribution is -2.54. The topological polar surface area (TPSA) is 93.9 Å². The zero-order valence-electron chi connectivity index (χ0n) is 20.1. The molecule has 8 atom stereocenters. The zero-order chi connectivity index (χ0) is 22.4. The van der Waals surface area contributed by atoms with Crippen molar-refractivity contribution >= 4 is 11.6 Å². The molecule has 8 unspecified atom stereocenters. The van der Waals surface area contributed by atoms with Crippen molar-refractivity contribution in [3.8, 4) is 0 Å². The van der Waals surface area contributed by atoms with Crippen LogP contribution >= 0.6 is 0 Å². The van der Waals surface area contributed by atoms with Crippen LogP contribution in [-0.2, 0) is 9.53 Å². The van der Waals surface area contributed by atoms with Crippen LogP contribution in [0.4, 0.5) is 0 Å². The number of hydrazine groups is 1. The van der Waals surface area contributed by atoms with Gasteiger partial charge in [0, 0.05) is 19.6 Å². The molecule has 6 heteroatoms. The molecule has 0 saturated heterocycles. The van der Waals surface area contributed by atoms with Gasteiger partial charge in [0.05, 0.1) is 0 Å². The first kappa shape index (κ1) is 23.0. The average Bonchev–Trinajstić information content (AvgIpc) is 3.05. The number of hydrogen-bond acceptors (Lipinski definition) is 5. The summed E-state index contributed by atoms with van der Waals surface area (Å²) in [5.41, 5.74) is 6.24. The summed E-state index contributed by atoms with van der Waals surface area (Å²) in [5, 5.41) is 5.26. The Balaban J connectivity index is 1.47. The van der Waals surface area contributed by atoms with E-state index in [9.17, 15) is 4.79 Å². The molecular formula is C25H44N4O2. The molecule has 0 radical (unpaired) electrons. The molecule has 4 aliphatic rings. The van der Waals surface area contributed by atoms with Gasteiger partial charge in [0.15, 0.2) is 5.78 Å². The first-order valence-electron chi connectivity index (χ1n) is 12.5. The minimum absolute atomic E-state index is 0.112. The summed E-state index contributed by atoms with van der Waals surface area (Å²) in [7, 11) is 1.85. The maximum Gasteiger partial charge on any atom is 0.159 e. The van der Waals surface area contributed by atoms with E-state index in [1.807, 2.05) is 7.11 Å². The number of rotatable bonds is 6. The van der Waals surface area contributed by atoms with Crippen molar-refractivity contribution in [3.05, 3.63) is 0 Å². The summed E-state index contributed by atoms with van der Waals surface area (Å²) < 4.78 is 5.49. The standard InChI is InChI=1S/C25H44N4O2/c1-16(26)28-29(27)14-23(30)22-8-7-20-19-6-5-18-13-17(15-31-4)9-11-24(18,2)21(19)10-12-25(20,22)3/h17-22H,5-15,27H2,1-4H3,(H2,26,28). The second kappa shape index (κ2) is 8.66. The highest BCUT2D eigenvalue weighted by Gasteiger charge is 2.61. The van der Waals surface area contributed by atoms with Gasteiger partial charge in [-0.3, -0.25) is 4.79 Å². The molecule has 4 fully saturated rings. The fourth-order valence-corrected chi connectivity index (χ4v) is 8.77. The van der Waals surface area contributed by atoms with Crippen LogP contribution in [-0.4, -0.2) is 37.0 Å². The lowest BCUT2D eigenvalue weighted by molar-refractivity contribution is -0.138. The maximum absolute atomic E-state index is 13.2. The molecule has 4 aliphatic carbocycles. The SMILES string of the molecule is COCC1CCC2(C)C(CCC3C2CCC2(C)C(C(=O)CN(N)/N=C(/C)N)CCC32)C1. The summed E-state index contributed by atoms with van der Waals surface area (Å²) >= 11 is 0. The number of nitrogens with zero attached hydrogens (tertiary/aromatic N) is 2. The van der Waals surface area contributed by atoms with E-state index in [-0.39, 0.29) is 23.7 Å². The molecule has 4 N–H and O–H groups in total. The number of Topliss-reactive ketones (excluding diaryl/α,β-unsaturated/α-hetero) is 1. The van der Waals surface area contributed by atoms with Crippen LogP contribution in [0.25, 0.3) is 0 Å². The largest absolute Gasteiger partial charge is 0.386 e. The summed E-state index contributed by atoms with van der Waals surface area (Å²) in [6.45, 7) is 7.80. The van der Waals surface area contributed by atoms with E-state index in [0.29, 0.717) is 17.2 Å². The highest BCUT2D eigenvalue weighted by Crippen LogP contribution is 2.67. The predicted molar refractivity (Wildman–Crippen MR) is 124 cm³/mol. The number of hydrogen-bond donors (Lipinski definition) is 2. The van der Waals surface area contributed by atoms with E-state index in [2.05, 4.69) is 18.9 Å². The molecule has 0 aromatic rings. The van der Waals surface area contributed by atoms with Crippen LogP contribution in [0, 0.1) is 46.3 Å². The molecule has 4 rings (SSSR count). The minimum atomic E-state index is 0.112. The number of nitrogens with two attached hydrogens (primary N) is 2.